The van der Waals surface area contributed by atoms with Crippen LogP contribution in [0.5, 0.6) is 0 Å². The summed E-state index contributed by atoms with van der Waals surface area (Å²) in [6.07, 6.45) is 3.31. The Hall–Kier alpha value is -0.520. The number of likely N-dealkylation sites (tertiary alicyclic amines) is 1. The molecule has 0 spiro atoms. The molecule has 2 heteroatoms. The lowest BCUT2D eigenvalue weighted by atomic mass is 10.1. The van der Waals surface area contributed by atoms with E-state index in [0.29, 0.717) is 6.04 Å². The Bertz CT molecular complexity index is 170. The number of piperidine rings is 1. The second-order valence-corrected chi connectivity index (χ2v) is 3.36. The van der Waals surface area contributed by atoms with Crippen molar-refractivity contribution in [1.29, 1.82) is 0 Å². The minimum Gasteiger partial charge on any atom is -0.328 e. The van der Waals surface area contributed by atoms with Crippen molar-refractivity contribution in [2.45, 2.75) is 32.2 Å². The van der Waals surface area contributed by atoms with Crippen LogP contribution in [0, 0.1) is 11.8 Å². The van der Waals surface area contributed by atoms with E-state index in [0.717, 1.165) is 38.9 Å². The van der Waals surface area contributed by atoms with Gasteiger partial charge in [0.05, 0.1) is 0 Å². The van der Waals surface area contributed by atoms with Crippen molar-refractivity contribution in [3.63, 3.8) is 0 Å². The normalized spacial score (nSPS) is 20.2. The highest BCUT2D eigenvalue weighted by Gasteiger charge is 2.14. The van der Waals surface area contributed by atoms with Crippen molar-refractivity contribution < 1.29 is 0 Å². The second kappa shape index (κ2) is 5.18. The van der Waals surface area contributed by atoms with Gasteiger partial charge in [0.1, 0.15) is 0 Å². The lowest BCUT2D eigenvalue weighted by Gasteiger charge is -2.29. The number of hydrogen-bond donors (Lipinski definition) is 1. The molecule has 0 amide bonds. The minimum absolute atomic E-state index is 0.443. The van der Waals surface area contributed by atoms with Crippen LogP contribution in [0.15, 0.2) is 0 Å². The van der Waals surface area contributed by atoms with E-state index in [9.17, 15) is 0 Å². The Kier molecular flexibility index (Phi) is 4.13. The maximum atomic E-state index is 5.80. The molecule has 0 aliphatic carbocycles. The van der Waals surface area contributed by atoms with E-state index in [4.69, 9.17) is 5.73 Å². The fourth-order valence-electron chi connectivity index (χ4n) is 1.52. The van der Waals surface area contributed by atoms with E-state index in [1.807, 2.05) is 6.92 Å². The van der Waals surface area contributed by atoms with Gasteiger partial charge in [0, 0.05) is 19.0 Å². The van der Waals surface area contributed by atoms with Crippen LogP contribution in [0.3, 0.4) is 0 Å². The molecule has 1 saturated heterocycles. The second-order valence-electron chi connectivity index (χ2n) is 3.36. The first-order chi connectivity index (χ1) is 5.83. The van der Waals surface area contributed by atoms with Gasteiger partial charge in [-0.05, 0) is 32.9 Å². The van der Waals surface area contributed by atoms with Gasteiger partial charge >= 0.3 is 0 Å². The molecule has 1 aliphatic heterocycles. The molecular weight excluding hydrogens is 148 g/mol. The van der Waals surface area contributed by atoms with Crippen LogP contribution in [0.1, 0.15) is 26.2 Å². The molecule has 2 nitrogen and oxygen atoms in total. The van der Waals surface area contributed by atoms with E-state index >= 15 is 0 Å². The number of nitrogens with zero attached hydrogens (tertiary/aromatic N) is 1. The SMILES string of the molecule is CC#CCCN1CCC(N)CC1. The average molecular weight is 166 g/mol. The molecule has 0 aromatic heterocycles. The molecule has 0 aromatic carbocycles. The summed E-state index contributed by atoms with van der Waals surface area (Å²) in [6.45, 7) is 5.33. The van der Waals surface area contributed by atoms with Gasteiger partial charge in [-0.3, -0.25) is 0 Å². The van der Waals surface area contributed by atoms with Gasteiger partial charge in [0.25, 0.3) is 0 Å². The molecule has 12 heavy (non-hydrogen) atoms. The monoisotopic (exact) mass is 166 g/mol. The molecule has 0 saturated carbocycles. The molecule has 0 atom stereocenters. The molecule has 0 unspecified atom stereocenters. The van der Waals surface area contributed by atoms with Crippen molar-refractivity contribution in [2.24, 2.45) is 5.73 Å². The summed E-state index contributed by atoms with van der Waals surface area (Å²) in [6, 6.07) is 0.443. The Morgan fingerprint density at radius 1 is 1.42 bits per heavy atom. The van der Waals surface area contributed by atoms with E-state index in [2.05, 4.69) is 16.7 Å². The summed E-state index contributed by atoms with van der Waals surface area (Å²) in [7, 11) is 0. The molecule has 0 bridgehead atoms. The fourth-order valence-corrected chi connectivity index (χ4v) is 1.52. The van der Waals surface area contributed by atoms with Crippen LogP contribution in [0.25, 0.3) is 0 Å². The van der Waals surface area contributed by atoms with Gasteiger partial charge in [-0.1, -0.05) is 0 Å². The summed E-state index contributed by atoms with van der Waals surface area (Å²) < 4.78 is 0. The summed E-state index contributed by atoms with van der Waals surface area (Å²) in [4.78, 5) is 2.45. The van der Waals surface area contributed by atoms with Crippen LogP contribution in [0.4, 0.5) is 0 Å². The van der Waals surface area contributed by atoms with Gasteiger partial charge in [0.2, 0.25) is 0 Å². The van der Waals surface area contributed by atoms with Gasteiger partial charge in [-0.25, -0.2) is 0 Å². The number of rotatable bonds is 2. The molecule has 68 valence electrons. The zero-order valence-electron chi connectivity index (χ0n) is 7.84. The molecule has 1 rings (SSSR count). The molecular formula is C10H18N2. The lowest BCUT2D eigenvalue weighted by Crippen LogP contribution is -2.39. The first-order valence-electron chi connectivity index (χ1n) is 4.70. The van der Waals surface area contributed by atoms with Gasteiger partial charge in [-0.2, -0.15) is 0 Å². The van der Waals surface area contributed by atoms with Crippen LogP contribution in [-0.2, 0) is 0 Å². The van der Waals surface area contributed by atoms with E-state index in [1.54, 1.807) is 0 Å². The Labute approximate surface area is 75.1 Å². The van der Waals surface area contributed by atoms with Crippen molar-refractivity contribution >= 4 is 0 Å². The van der Waals surface area contributed by atoms with Crippen LogP contribution in [0.2, 0.25) is 0 Å². The lowest BCUT2D eigenvalue weighted by molar-refractivity contribution is 0.218. The first kappa shape index (κ1) is 9.57. The quantitative estimate of drug-likeness (QED) is 0.615. The Morgan fingerprint density at radius 2 is 2.08 bits per heavy atom. The Morgan fingerprint density at radius 3 is 2.67 bits per heavy atom. The average Bonchev–Trinajstić information content (AvgIpc) is 2.09. The van der Waals surface area contributed by atoms with Crippen LogP contribution >= 0.6 is 0 Å². The van der Waals surface area contributed by atoms with Crippen molar-refractivity contribution in [3.05, 3.63) is 0 Å². The summed E-state index contributed by atoms with van der Waals surface area (Å²) >= 11 is 0. The zero-order chi connectivity index (χ0) is 8.81. The minimum atomic E-state index is 0.443. The predicted molar refractivity (Wildman–Crippen MR) is 51.7 cm³/mol. The topological polar surface area (TPSA) is 29.3 Å². The summed E-state index contributed by atoms with van der Waals surface area (Å²) in [5.41, 5.74) is 5.80. The molecule has 2 N–H and O–H groups in total. The predicted octanol–water partition coefficient (Wildman–Crippen LogP) is 0.823. The molecule has 1 heterocycles. The Balaban J connectivity index is 2.12. The number of nitrogens with two attached hydrogens (primary N) is 1. The van der Waals surface area contributed by atoms with E-state index in [-0.39, 0.29) is 0 Å². The molecule has 0 radical (unpaired) electrons. The van der Waals surface area contributed by atoms with Gasteiger partial charge < -0.3 is 10.6 Å². The zero-order valence-corrected chi connectivity index (χ0v) is 7.84. The maximum Gasteiger partial charge on any atom is 0.0216 e. The van der Waals surface area contributed by atoms with Gasteiger partial charge in [-0.15, -0.1) is 11.8 Å². The third-order valence-corrected chi connectivity index (χ3v) is 2.36. The number of hydrogen-bond acceptors (Lipinski definition) is 2. The van der Waals surface area contributed by atoms with E-state index in [1.165, 1.54) is 0 Å². The fraction of sp³-hybridized carbons (Fsp3) is 0.800. The van der Waals surface area contributed by atoms with Crippen LogP contribution < -0.4 is 5.73 Å². The third-order valence-electron chi connectivity index (χ3n) is 2.36. The van der Waals surface area contributed by atoms with Crippen molar-refractivity contribution in [2.75, 3.05) is 19.6 Å². The largest absolute Gasteiger partial charge is 0.328 e. The van der Waals surface area contributed by atoms with E-state index < -0.39 is 0 Å². The molecule has 1 fully saturated rings. The maximum absolute atomic E-state index is 5.80. The highest BCUT2D eigenvalue weighted by Crippen LogP contribution is 2.07. The smallest absolute Gasteiger partial charge is 0.0216 e. The molecule has 1 aliphatic rings. The highest BCUT2D eigenvalue weighted by molar-refractivity contribution is 4.95. The molecule has 0 aromatic rings. The first-order valence-corrected chi connectivity index (χ1v) is 4.70. The standard InChI is InChI=1S/C10H18N2/c1-2-3-4-7-12-8-5-10(11)6-9-12/h10H,4-9,11H2,1H3. The highest BCUT2D eigenvalue weighted by atomic mass is 15.1. The van der Waals surface area contributed by atoms with Crippen molar-refractivity contribution in [3.8, 4) is 11.8 Å². The summed E-state index contributed by atoms with van der Waals surface area (Å²) in [5.74, 6) is 6.00. The summed E-state index contributed by atoms with van der Waals surface area (Å²) in [5, 5.41) is 0. The van der Waals surface area contributed by atoms with Crippen molar-refractivity contribution in [1.82, 2.24) is 4.90 Å². The van der Waals surface area contributed by atoms with Gasteiger partial charge in [0.15, 0.2) is 0 Å². The van der Waals surface area contributed by atoms with Crippen LogP contribution in [-0.4, -0.2) is 30.6 Å². The third kappa shape index (κ3) is 3.25.